The van der Waals surface area contributed by atoms with Crippen molar-refractivity contribution in [3.8, 4) is 0 Å². The molecular formula is C18H23N5OS. The molecule has 2 aromatic rings. The monoisotopic (exact) mass is 357 g/mol. The first-order valence-electron chi connectivity index (χ1n) is 8.45. The average molecular weight is 357 g/mol. The van der Waals surface area contributed by atoms with Gasteiger partial charge < -0.3 is 9.80 Å². The van der Waals surface area contributed by atoms with Crippen molar-refractivity contribution in [1.29, 1.82) is 0 Å². The van der Waals surface area contributed by atoms with Crippen molar-refractivity contribution in [3.05, 3.63) is 42.0 Å². The van der Waals surface area contributed by atoms with E-state index in [1.807, 2.05) is 44.0 Å². The number of carbonyl (C=O) groups is 1. The molecule has 6 nitrogen and oxygen atoms in total. The zero-order valence-corrected chi connectivity index (χ0v) is 15.7. The Morgan fingerprint density at radius 3 is 2.44 bits per heavy atom. The summed E-state index contributed by atoms with van der Waals surface area (Å²) in [4.78, 5) is 29.9. The van der Waals surface area contributed by atoms with Gasteiger partial charge in [0.2, 0.25) is 5.91 Å². The zero-order chi connectivity index (χ0) is 17.8. The molecule has 1 atom stereocenters. The Hall–Kier alpha value is -2.15. The number of anilines is 1. The molecule has 132 valence electrons. The fourth-order valence-electron chi connectivity index (χ4n) is 2.94. The molecule has 1 unspecified atom stereocenters. The average Bonchev–Trinajstić information content (AvgIpc) is 2.61. The van der Waals surface area contributed by atoms with E-state index in [2.05, 4.69) is 25.9 Å². The molecule has 3 rings (SSSR count). The van der Waals surface area contributed by atoms with Crippen LogP contribution in [-0.2, 0) is 4.79 Å². The Bertz CT molecular complexity index is 711. The first kappa shape index (κ1) is 17.7. The molecule has 0 aliphatic carbocycles. The molecule has 0 N–H and O–H groups in total. The summed E-state index contributed by atoms with van der Waals surface area (Å²) >= 11 is 1.43. The van der Waals surface area contributed by atoms with Crippen molar-refractivity contribution >= 4 is 23.4 Å². The highest BCUT2D eigenvalue weighted by molar-refractivity contribution is 8.00. The van der Waals surface area contributed by atoms with Crippen molar-refractivity contribution in [2.24, 2.45) is 0 Å². The van der Waals surface area contributed by atoms with Gasteiger partial charge in [-0.05, 0) is 39.0 Å². The summed E-state index contributed by atoms with van der Waals surface area (Å²) in [6.07, 6.45) is 3.64. The molecule has 25 heavy (non-hydrogen) atoms. The Morgan fingerprint density at radius 2 is 1.84 bits per heavy atom. The van der Waals surface area contributed by atoms with Crippen LogP contribution in [0.5, 0.6) is 0 Å². The van der Waals surface area contributed by atoms with Crippen LogP contribution in [0.2, 0.25) is 0 Å². The number of nitrogens with zero attached hydrogens (tertiary/aromatic N) is 5. The maximum Gasteiger partial charge on any atom is 0.236 e. The zero-order valence-electron chi connectivity index (χ0n) is 14.8. The highest BCUT2D eigenvalue weighted by Crippen LogP contribution is 2.23. The van der Waals surface area contributed by atoms with E-state index in [0.29, 0.717) is 5.16 Å². The third-order valence-corrected chi connectivity index (χ3v) is 5.14. The molecule has 1 fully saturated rings. The van der Waals surface area contributed by atoms with E-state index >= 15 is 0 Å². The van der Waals surface area contributed by atoms with Crippen LogP contribution in [0.25, 0.3) is 0 Å². The van der Waals surface area contributed by atoms with Gasteiger partial charge in [0.1, 0.15) is 0 Å². The molecule has 2 aromatic heterocycles. The van der Waals surface area contributed by atoms with Crippen molar-refractivity contribution in [1.82, 2.24) is 19.9 Å². The lowest BCUT2D eigenvalue weighted by Crippen LogP contribution is -2.50. The lowest BCUT2D eigenvalue weighted by molar-refractivity contribution is -0.130. The summed E-state index contributed by atoms with van der Waals surface area (Å²) < 4.78 is 0. The van der Waals surface area contributed by atoms with Crippen LogP contribution in [0.1, 0.15) is 18.3 Å². The molecule has 0 radical (unpaired) electrons. The summed E-state index contributed by atoms with van der Waals surface area (Å²) in [6, 6.07) is 5.93. The molecule has 0 spiro atoms. The lowest BCUT2D eigenvalue weighted by Gasteiger charge is -2.36. The van der Waals surface area contributed by atoms with Gasteiger partial charge in [-0.3, -0.25) is 9.78 Å². The van der Waals surface area contributed by atoms with Crippen LogP contribution >= 0.6 is 11.8 Å². The first-order valence-corrected chi connectivity index (χ1v) is 9.33. The molecule has 1 saturated heterocycles. The van der Waals surface area contributed by atoms with Gasteiger partial charge >= 0.3 is 0 Å². The summed E-state index contributed by atoms with van der Waals surface area (Å²) in [7, 11) is 0. The summed E-state index contributed by atoms with van der Waals surface area (Å²) in [5.74, 6) is 0.151. The van der Waals surface area contributed by atoms with Crippen molar-refractivity contribution < 1.29 is 4.79 Å². The maximum absolute atomic E-state index is 12.7. The molecule has 1 amide bonds. The minimum Gasteiger partial charge on any atom is -0.367 e. The van der Waals surface area contributed by atoms with E-state index in [0.717, 1.165) is 43.3 Å². The second kappa shape index (κ2) is 7.82. The van der Waals surface area contributed by atoms with Crippen LogP contribution in [0.3, 0.4) is 0 Å². The lowest BCUT2D eigenvalue weighted by atomic mass is 10.2. The SMILES string of the molecule is Cc1cc(C)nc(SC(C)C(=O)N2CCN(c3cccnc3)CC2)n1. The Kier molecular flexibility index (Phi) is 5.53. The van der Waals surface area contributed by atoms with Crippen LogP contribution in [-0.4, -0.2) is 57.2 Å². The third-order valence-electron chi connectivity index (χ3n) is 4.19. The molecular weight excluding hydrogens is 334 g/mol. The highest BCUT2D eigenvalue weighted by Gasteiger charge is 2.26. The number of amides is 1. The second-order valence-corrected chi connectivity index (χ2v) is 7.52. The second-order valence-electron chi connectivity index (χ2n) is 6.22. The Labute approximate surface area is 152 Å². The van der Waals surface area contributed by atoms with Gasteiger partial charge in [0.15, 0.2) is 5.16 Å². The van der Waals surface area contributed by atoms with E-state index in [9.17, 15) is 4.79 Å². The first-order chi connectivity index (χ1) is 12.0. The number of hydrogen-bond acceptors (Lipinski definition) is 6. The van der Waals surface area contributed by atoms with E-state index in [-0.39, 0.29) is 11.2 Å². The van der Waals surface area contributed by atoms with E-state index in [4.69, 9.17) is 0 Å². The molecule has 1 aliphatic rings. The smallest absolute Gasteiger partial charge is 0.236 e. The molecule has 3 heterocycles. The van der Waals surface area contributed by atoms with Gasteiger partial charge in [0.25, 0.3) is 0 Å². The van der Waals surface area contributed by atoms with Crippen LogP contribution in [0, 0.1) is 13.8 Å². The minimum absolute atomic E-state index is 0.151. The van der Waals surface area contributed by atoms with Gasteiger partial charge in [-0.1, -0.05) is 11.8 Å². The van der Waals surface area contributed by atoms with E-state index in [1.165, 1.54) is 11.8 Å². The number of rotatable bonds is 4. The number of aryl methyl sites for hydroxylation is 2. The third kappa shape index (κ3) is 4.48. The van der Waals surface area contributed by atoms with Crippen molar-refractivity contribution in [2.45, 2.75) is 31.2 Å². The summed E-state index contributed by atoms with van der Waals surface area (Å²) in [6.45, 7) is 8.94. The van der Waals surface area contributed by atoms with Gasteiger partial charge in [-0.25, -0.2) is 9.97 Å². The maximum atomic E-state index is 12.7. The number of aromatic nitrogens is 3. The molecule has 0 bridgehead atoms. The van der Waals surface area contributed by atoms with Gasteiger partial charge in [0.05, 0.1) is 17.1 Å². The van der Waals surface area contributed by atoms with Crippen molar-refractivity contribution in [2.75, 3.05) is 31.1 Å². The number of thioether (sulfide) groups is 1. The topological polar surface area (TPSA) is 62.2 Å². The van der Waals surface area contributed by atoms with Gasteiger partial charge in [-0.2, -0.15) is 0 Å². The molecule has 7 heteroatoms. The highest BCUT2D eigenvalue weighted by atomic mass is 32.2. The Balaban J connectivity index is 1.56. The van der Waals surface area contributed by atoms with Crippen LogP contribution < -0.4 is 4.90 Å². The van der Waals surface area contributed by atoms with Gasteiger partial charge in [-0.15, -0.1) is 0 Å². The fraction of sp³-hybridized carbons (Fsp3) is 0.444. The largest absolute Gasteiger partial charge is 0.367 e. The normalized spacial score (nSPS) is 16.0. The van der Waals surface area contributed by atoms with Crippen LogP contribution in [0.4, 0.5) is 5.69 Å². The molecule has 0 aromatic carbocycles. The molecule has 1 aliphatic heterocycles. The summed E-state index contributed by atoms with van der Waals surface area (Å²) in [5, 5.41) is 0.485. The number of piperazine rings is 1. The Morgan fingerprint density at radius 1 is 1.16 bits per heavy atom. The predicted octanol–water partition coefficient (Wildman–Crippen LogP) is 2.32. The van der Waals surface area contributed by atoms with Crippen LogP contribution in [0.15, 0.2) is 35.7 Å². The van der Waals surface area contributed by atoms with E-state index in [1.54, 1.807) is 6.20 Å². The predicted molar refractivity (Wildman–Crippen MR) is 99.9 cm³/mol. The standard InChI is InChI=1S/C18H23N5OS/c1-13-11-14(2)21-18(20-13)25-15(3)17(24)23-9-7-22(8-10-23)16-5-4-6-19-12-16/h4-6,11-12,15H,7-10H2,1-3H3. The quantitative estimate of drug-likeness (QED) is 0.618. The number of carbonyl (C=O) groups excluding carboxylic acids is 1. The summed E-state index contributed by atoms with van der Waals surface area (Å²) in [5.41, 5.74) is 2.97. The van der Waals surface area contributed by atoms with Crippen molar-refractivity contribution in [3.63, 3.8) is 0 Å². The van der Waals surface area contributed by atoms with E-state index < -0.39 is 0 Å². The number of pyridine rings is 1. The molecule has 0 saturated carbocycles. The number of hydrogen-bond donors (Lipinski definition) is 0. The van der Waals surface area contributed by atoms with Gasteiger partial charge in [0, 0.05) is 43.8 Å². The minimum atomic E-state index is -0.189. The fourth-order valence-corrected chi connectivity index (χ4v) is 3.90.